The van der Waals surface area contributed by atoms with E-state index < -0.39 is 11.5 Å². The number of carboxylic acid groups (broad SMARTS) is 1. The Balaban J connectivity index is 2.61. The van der Waals surface area contributed by atoms with Gasteiger partial charge in [-0.05, 0) is 48.4 Å². The third-order valence-electron chi connectivity index (χ3n) is 3.45. The molecule has 7 heteroatoms. The Hall–Kier alpha value is -1.95. The molecule has 0 radical (unpaired) electrons. The number of aryl methyl sites for hydroxylation is 1. The summed E-state index contributed by atoms with van der Waals surface area (Å²) in [6, 6.07) is 5.46. The lowest BCUT2D eigenvalue weighted by Crippen LogP contribution is -2.39. The summed E-state index contributed by atoms with van der Waals surface area (Å²) in [6.07, 6.45) is 0.351. The highest BCUT2D eigenvalue weighted by Crippen LogP contribution is 2.31. The molecule has 1 N–H and O–H groups in total. The lowest BCUT2D eigenvalue weighted by atomic mass is 9.99. The van der Waals surface area contributed by atoms with Crippen LogP contribution in [0.15, 0.2) is 18.2 Å². The largest absolute Gasteiger partial charge is 0.479 e. The lowest BCUT2D eigenvalue weighted by Gasteiger charge is -2.24. The maximum Gasteiger partial charge on any atom is 0.331 e. The number of hydrogen-bond donors (Lipinski definition) is 1. The summed E-state index contributed by atoms with van der Waals surface area (Å²) in [5.74, 6) is -0.640. The maximum absolute atomic E-state index is 11.5. The molecule has 1 heterocycles. The molecular formula is C13H15ClN4O2. The summed E-state index contributed by atoms with van der Waals surface area (Å²) in [5.41, 5.74) is 0.407. The predicted molar refractivity (Wildman–Crippen MR) is 74.6 cm³/mol. The zero-order chi connectivity index (χ0) is 14.9. The van der Waals surface area contributed by atoms with Crippen molar-refractivity contribution in [3.63, 3.8) is 0 Å². The molecule has 0 saturated carbocycles. The average Bonchev–Trinajstić information content (AvgIpc) is 2.87. The Labute approximate surface area is 121 Å². The Morgan fingerprint density at radius 1 is 1.50 bits per heavy atom. The van der Waals surface area contributed by atoms with E-state index in [1.54, 1.807) is 26.0 Å². The third-order valence-corrected chi connectivity index (χ3v) is 3.76. The molecule has 0 fully saturated rings. The van der Waals surface area contributed by atoms with Gasteiger partial charge in [-0.25, -0.2) is 9.48 Å². The molecule has 1 atom stereocenters. The van der Waals surface area contributed by atoms with Crippen LogP contribution < -0.4 is 0 Å². The molecule has 1 aromatic carbocycles. The van der Waals surface area contributed by atoms with Gasteiger partial charge in [0, 0.05) is 5.56 Å². The van der Waals surface area contributed by atoms with Crippen LogP contribution in [0.2, 0.25) is 5.02 Å². The van der Waals surface area contributed by atoms with Crippen molar-refractivity contribution < 1.29 is 9.90 Å². The number of tetrazole rings is 1. The van der Waals surface area contributed by atoms with Gasteiger partial charge in [-0.3, -0.25) is 0 Å². The quantitative estimate of drug-likeness (QED) is 0.937. The Morgan fingerprint density at radius 2 is 2.20 bits per heavy atom. The topological polar surface area (TPSA) is 80.9 Å². The van der Waals surface area contributed by atoms with Gasteiger partial charge in [0.05, 0.1) is 5.02 Å². The zero-order valence-corrected chi connectivity index (χ0v) is 12.2. The molecule has 2 aromatic rings. The number of carbonyl (C=O) groups is 1. The summed E-state index contributed by atoms with van der Waals surface area (Å²) in [7, 11) is 0. The fourth-order valence-electron chi connectivity index (χ4n) is 1.88. The average molecular weight is 295 g/mol. The van der Waals surface area contributed by atoms with Crippen LogP contribution in [0, 0.1) is 6.92 Å². The molecule has 1 aromatic heterocycles. The minimum absolute atomic E-state index is 0.349. The van der Waals surface area contributed by atoms with Crippen LogP contribution in [0.5, 0.6) is 0 Å². The minimum atomic E-state index is -1.22. The van der Waals surface area contributed by atoms with Crippen LogP contribution in [0.3, 0.4) is 0 Å². The first-order valence-corrected chi connectivity index (χ1v) is 6.56. The van der Waals surface area contributed by atoms with E-state index in [1.807, 2.05) is 13.0 Å². The van der Waals surface area contributed by atoms with E-state index in [9.17, 15) is 9.90 Å². The van der Waals surface area contributed by atoms with E-state index >= 15 is 0 Å². The van der Waals surface area contributed by atoms with Crippen molar-refractivity contribution in [3.05, 3.63) is 28.8 Å². The predicted octanol–water partition coefficient (Wildman–Crippen LogP) is 2.51. The van der Waals surface area contributed by atoms with Gasteiger partial charge in [0.2, 0.25) is 0 Å². The van der Waals surface area contributed by atoms with Gasteiger partial charge in [-0.2, -0.15) is 0 Å². The second kappa shape index (κ2) is 5.20. The first-order valence-electron chi connectivity index (χ1n) is 6.19. The van der Waals surface area contributed by atoms with Gasteiger partial charge < -0.3 is 5.11 Å². The smallest absolute Gasteiger partial charge is 0.331 e. The maximum atomic E-state index is 11.5. The molecule has 0 aliphatic rings. The summed E-state index contributed by atoms with van der Waals surface area (Å²) in [4.78, 5) is 11.5. The SMILES string of the molecule is CCC(C)(C(=O)O)n1nnnc1-c1ccc(C)cc1Cl. The van der Waals surface area contributed by atoms with Crippen molar-refractivity contribution in [2.75, 3.05) is 0 Å². The summed E-state index contributed by atoms with van der Waals surface area (Å²) >= 11 is 6.21. The van der Waals surface area contributed by atoms with Crippen LogP contribution in [-0.2, 0) is 10.3 Å². The second-order valence-electron chi connectivity index (χ2n) is 4.83. The van der Waals surface area contributed by atoms with Crippen LogP contribution in [0.1, 0.15) is 25.8 Å². The van der Waals surface area contributed by atoms with Crippen LogP contribution >= 0.6 is 11.6 Å². The summed E-state index contributed by atoms with van der Waals surface area (Å²) in [5, 5.41) is 21.3. The lowest BCUT2D eigenvalue weighted by molar-refractivity contribution is -0.147. The van der Waals surface area contributed by atoms with Crippen LogP contribution in [0.4, 0.5) is 0 Å². The Morgan fingerprint density at radius 3 is 2.75 bits per heavy atom. The number of benzene rings is 1. The van der Waals surface area contributed by atoms with Crippen molar-refractivity contribution in [1.29, 1.82) is 0 Å². The van der Waals surface area contributed by atoms with Crippen molar-refractivity contribution >= 4 is 17.6 Å². The van der Waals surface area contributed by atoms with E-state index in [-0.39, 0.29) is 0 Å². The van der Waals surface area contributed by atoms with E-state index in [4.69, 9.17) is 11.6 Å². The van der Waals surface area contributed by atoms with Crippen molar-refractivity contribution in [1.82, 2.24) is 20.2 Å². The molecule has 0 spiro atoms. The Kier molecular flexibility index (Phi) is 3.76. The highest BCUT2D eigenvalue weighted by molar-refractivity contribution is 6.33. The normalized spacial score (nSPS) is 14.0. The van der Waals surface area contributed by atoms with E-state index in [0.717, 1.165) is 5.56 Å². The second-order valence-corrected chi connectivity index (χ2v) is 5.24. The molecular weight excluding hydrogens is 280 g/mol. The van der Waals surface area contributed by atoms with Crippen molar-refractivity contribution in [2.45, 2.75) is 32.7 Å². The standard InChI is InChI=1S/C13H15ClN4O2/c1-4-13(3,12(19)20)18-11(15-16-17-18)9-6-5-8(2)7-10(9)14/h5-7H,4H2,1-3H3,(H,19,20). The highest BCUT2D eigenvalue weighted by atomic mass is 35.5. The number of hydrogen-bond acceptors (Lipinski definition) is 4. The number of carboxylic acids is 1. The van der Waals surface area contributed by atoms with E-state index in [1.165, 1.54) is 4.68 Å². The molecule has 0 amide bonds. The first-order chi connectivity index (χ1) is 9.40. The molecule has 0 bridgehead atoms. The molecule has 2 rings (SSSR count). The number of rotatable bonds is 4. The minimum Gasteiger partial charge on any atom is -0.479 e. The first kappa shape index (κ1) is 14.5. The van der Waals surface area contributed by atoms with Gasteiger partial charge in [-0.1, -0.05) is 24.6 Å². The number of aliphatic carboxylic acids is 1. The van der Waals surface area contributed by atoms with Crippen LogP contribution in [-0.4, -0.2) is 31.3 Å². The molecule has 0 aliphatic heterocycles. The van der Waals surface area contributed by atoms with Gasteiger partial charge in [0.25, 0.3) is 0 Å². The van der Waals surface area contributed by atoms with Gasteiger partial charge in [0.1, 0.15) is 0 Å². The molecule has 1 unspecified atom stereocenters. The third kappa shape index (κ3) is 2.27. The molecule has 0 aliphatic carbocycles. The van der Waals surface area contributed by atoms with Crippen molar-refractivity contribution in [3.8, 4) is 11.4 Å². The highest BCUT2D eigenvalue weighted by Gasteiger charge is 2.37. The molecule has 0 saturated heterocycles. The fourth-order valence-corrected chi connectivity index (χ4v) is 2.20. The fraction of sp³-hybridized carbons (Fsp3) is 0.385. The molecule has 106 valence electrons. The van der Waals surface area contributed by atoms with Gasteiger partial charge in [0.15, 0.2) is 11.4 Å². The zero-order valence-electron chi connectivity index (χ0n) is 11.5. The van der Waals surface area contributed by atoms with E-state index in [2.05, 4.69) is 15.5 Å². The summed E-state index contributed by atoms with van der Waals surface area (Å²) in [6.45, 7) is 5.28. The van der Waals surface area contributed by atoms with Crippen LogP contribution in [0.25, 0.3) is 11.4 Å². The Bertz CT molecular complexity index is 656. The number of nitrogens with zero attached hydrogens (tertiary/aromatic N) is 4. The van der Waals surface area contributed by atoms with Gasteiger partial charge in [-0.15, -0.1) is 5.10 Å². The number of halogens is 1. The number of aromatic nitrogens is 4. The molecule has 20 heavy (non-hydrogen) atoms. The van der Waals surface area contributed by atoms with Gasteiger partial charge >= 0.3 is 5.97 Å². The van der Waals surface area contributed by atoms with Crippen molar-refractivity contribution in [2.24, 2.45) is 0 Å². The monoisotopic (exact) mass is 294 g/mol. The molecule has 6 nitrogen and oxygen atoms in total. The summed E-state index contributed by atoms with van der Waals surface area (Å²) < 4.78 is 1.31. The van der Waals surface area contributed by atoms with E-state index in [0.29, 0.717) is 22.8 Å².